The van der Waals surface area contributed by atoms with Crippen molar-refractivity contribution in [2.45, 2.75) is 0 Å². The number of aromatic nitrogens is 3. The summed E-state index contributed by atoms with van der Waals surface area (Å²) in [6.07, 6.45) is 1.62. The van der Waals surface area contributed by atoms with Crippen molar-refractivity contribution in [3.63, 3.8) is 0 Å². The average Bonchev–Trinajstić information content (AvgIpc) is 3.11. The summed E-state index contributed by atoms with van der Waals surface area (Å²) in [6, 6.07) is 11.8. The predicted molar refractivity (Wildman–Crippen MR) is 79.0 cm³/mol. The molecule has 0 unspecified atom stereocenters. The number of benzene rings is 1. The molecular weight excluding hydrogens is 296 g/mol. The van der Waals surface area contributed by atoms with E-state index in [0.29, 0.717) is 22.6 Å². The summed E-state index contributed by atoms with van der Waals surface area (Å²) in [5.41, 5.74) is 1.55. The van der Waals surface area contributed by atoms with Crippen LogP contribution in [0, 0.1) is 11.3 Å². The van der Waals surface area contributed by atoms with Crippen LogP contribution in [0.2, 0.25) is 0 Å². The molecule has 0 bridgehead atoms. The Morgan fingerprint density at radius 3 is 2.87 bits per heavy atom. The van der Waals surface area contributed by atoms with E-state index >= 15 is 0 Å². The second kappa shape index (κ2) is 6.07. The van der Waals surface area contributed by atoms with E-state index in [1.165, 1.54) is 19.2 Å². The van der Waals surface area contributed by atoms with Gasteiger partial charge in [0, 0.05) is 11.8 Å². The van der Waals surface area contributed by atoms with Gasteiger partial charge in [0.05, 0.1) is 24.3 Å². The number of nitriles is 1. The summed E-state index contributed by atoms with van der Waals surface area (Å²) in [4.78, 5) is 20.1. The third-order valence-electron chi connectivity index (χ3n) is 3.05. The summed E-state index contributed by atoms with van der Waals surface area (Å²) in [5.74, 6) is -0.0386. The molecule has 0 amide bonds. The molecule has 7 nitrogen and oxygen atoms in total. The zero-order valence-electron chi connectivity index (χ0n) is 12.1. The second-order valence-corrected chi connectivity index (χ2v) is 4.54. The first kappa shape index (κ1) is 14.4. The lowest BCUT2D eigenvalue weighted by molar-refractivity contribution is 0.0600. The number of nitrogens with zero attached hydrogens (tertiary/aromatic N) is 4. The van der Waals surface area contributed by atoms with Gasteiger partial charge in [-0.25, -0.2) is 4.79 Å². The summed E-state index contributed by atoms with van der Waals surface area (Å²) in [7, 11) is 1.27. The van der Waals surface area contributed by atoms with Crippen molar-refractivity contribution < 1.29 is 14.1 Å². The minimum Gasteiger partial charge on any atom is -0.465 e. The van der Waals surface area contributed by atoms with Gasteiger partial charge >= 0.3 is 5.97 Å². The van der Waals surface area contributed by atoms with E-state index in [2.05, 4.69) is 19.9 Å². The van der Waals surface area contributed by atoms with E-state index in [4.69, 9.17) is 9.78 Å². The highest BCUT2D eigenvalue weighted by atomic mass is 16.5. The van der Waals surface area contributed by atoms with Crippen LogP contribution in [0.4, 0.5) is 0 Å². The SMILES string of the molecule is COC(=O)c1cc(C#N)cc(-c2nc(-c3ccccn3)no2)c1. The van der Waals surface area contributed by atoms with E-state index in [1.807, 2.05) is 12.1 Å². The molecule has 0 saturated heterocycles. The Kier molecular flexibility index (Phi) is 3.80. The molecule has 112 valence electrons. The number of ether oxygens (including phenoxy) is 1. The van der Waals surface area contributed by atoms with Crippen molar-refractivity contribution in [1.82, 2.24) is 15.1 Å². The van der Waals surface area contributed by atoms with E-state index in [9.17, 15) is 4.79 Å². The van der Waals surface area contributed by atoms with Crippen molar-refractivity contribution in [3.8, 4) is 29.0 Å². The van der Waals surface area contributed by atoms with Crippen LogP contribution in [0.3, 0.4) is 0 Å². The molecule has 3 rings (SSSR count). The molecule has 2 aromatic heterocycles. The summed E-state index contributed by atoms with van der Waals surface area (Å²) in [6.45, 7) is 0. The average molecular weight is 306 g/mol. The summed E-state index contributed by atoms with van der Waals surface area (Å²) < 4.78 is 9.89. The minimum absolute atomic E-state index is 0.188. The van der Waals surface area contributed by atoms with Crippen LogP contribution in [-0.2, 0) is 4.74 Å². The number of pyridine rings is 1. The normalized spacial score (nSPS) is 10.1. The fourth-order valence-electron chi connectivity index (χ4n) is 1.99. The Bertz CT molecular complexity index is 897. The van der Waals surface area contributed by atoms with Crippen molar-refractivity contribution in [1.29, 1.82) is 5.26 Å². The van der Waals surface area contributed by atoms with Gasteiger partial charge in [-0.1, -0.05) is 11.2 Å². The number of rotatable bonds is 3. The molecule has 0 atom stereocenters. The number of carbonyl (C=O) groups excluding carboxylic acids is 1. The van der Waals surface area contributed by atoms with Gasteiger partial charge in [0.1, 0.15) is 5.69 Å². The second-order valence-electron chi connectivity index (χ2n) is 4.54. The Hall–Kier alpha value is -3.53. The highest BCUT2D eigenvalue weighted by molar-refractivity contribution is 5.91. The topological polar surface area (TPSA) is 102 Å². The van der Waals surface area contributed by atoms with Gasteiger partial charge in [0.15, 0.2) is 0 Å². The molecule has 0 aliphatic heterocycles. The molecule has 7 heteroatoms. The van der Waals surface area contributed by atoms with Gasteiger partial charge in [-0.05, 0) is 30.3 Å². The van der Waals surface area contributed by atoms with Gasteiger partial charge < -0.3 is 9.26 Å². The third-order valence-corrected chi connectivity index (χ3v) is 3.05. The zero-order chi connectivity index (χ0) is 16.2. The molecular formula is C16H10N4O3. The van der Waals surface area contributed by atoms with Crippen LogP contribution in [0.25, 0.3) is 23.0 Å². The highest BCUT2D eigenvalue weighted by Gasteiger charge is 2.15. The zero-order valence-corrected chi connectivity index (χ0v) is 12.1. The lowest BCUT2D eigenvalue weighted by Crippen LogP contribution is -2.02. The maximum Gasteiger partial charge on any atom is 0.337 e. The Balaban J connectivity index is 2.04. The van der Waals surface area contributed by atoms with E-state index in [0.717, 1.165) is 0 Å². The first-order valence-corrected chi connectivity index (χ1v) is 6.60. The van der Waals surface area contributed by atoms with Crippen molar-refractivity contribution in [2.24, 2.45) is 0 Å². The Labute approximate surface area is 131 Å². The highest BCUT2D eigenvalue weighted by Crippen LogP contribution is 2.23. The van der Waals surface area contributed by atoms with Gasteiger partial charge in [0.25, 0.3) is 5.89 Å². The maximum atomic E-state index is 11.7. The lowest BCUT2D eigenvalue weighted by atomic mass is 10.1. The maximum absolute atomic E-state index is 11.7. The van der Waals surface area contributed by atoms with Crippen molar-refractivity contribution >= 4 is 5.97 Å². The molecule has 0 aliphatic carbocycles. The number of carbonyl (C=O) groups is 1. The van der Waals surface area contributed by atoms with Crippen molar-refractivity contribution in [3.05, 3.63) is 53.7 Å². The molecule has 0 radical (unpaired) electrons. The number of esters is 1. The lowest BCUT2D eigenvalue weighted by Gasteiger charge is -2.02. The molecule has 0 fully saturated rings. The molecule has 0 N–H and O–H groups in total. The molecule has 1 aromatic carbocycles. The molecule has 23 heavy (non-hydrogen) atoms. The van der Waals surface area contributed by atoms with Crippen LogP contribution in [0.1, 0.15) is 15.9 Å². The largest absolute Gasteiger partial charge is 0.465 e. The number of hydrogen-bond acceptors (Lipinski definition) is 7. The quantitative estimate of drug-likeness (QED) is 0.685. The van der Waals surface area contributed by atoms with Gasteiger partial charge in [-0.2, -0.15) is 10.2 Å². The van der Waals surface area contributed by atoms with Crippen LogP contribution >= 0.6 is 0 Å². The van der Waals surface area contributed by atoms with E-state index in [1.54, 1.807) is 24.4 Å². The molecule has 2 heterocycles. The fraction of sp³-hybridized carbons (Fsp3) is 0.0625. The predicted octanol–water partition coefficient (Wildman–Crippen LogP) is 2.46. The monoisotopic (exact) mass is 306 g/mol. The van der Waals surface area contributed by atoms with Gasteiger partial charge in [-0.3, -0.25) is 4.98 Å². The van der Waals surface area contributed by atoms with Crippen LogP contribution in [0.15, 0.2) is 47.1 Å². The van der Waals surface area contributed by atoms with Crippen molar-refractivity contribution in [2.75, 3.05) is 7.11 Å². The third kappa shape index (κ3) is 2.91. The molecule has 0 saturated carbocycles. The number of methoxy groups -OCH3 is 1. The van der Waals surface area contributed by atoms with Gasteiger partial charge in [-0.15, -0.1) is 0 Å². The smallest absolute Gasteiger partial charge is 0.337 e. The van der Waals surface area contributed by atoms with E-state index < -0.39 is 5.97 Å². The van der Waals surface area contributed by atoms with Crippen LogP contribution in [-0.4, -0.2) is 28.2 Å². The summed E-state index contributed by atoms with van der Waals surface area (Å²) in [5, 5.41) is 13.0. The first-order valence-electron chi connectivity index (χ1n) is 6.60. The first-order chi connectivity index (χ1) is 11.2. The minimum atomic E-state index is -0.548. The standard InChI is InChI=1S/C16H10N4O3/c1-22-16(21)12-7-10(9-17)6-11(8-12)15-19-14(20-23-15)13-4-2-3-5-18-13/h2-8H,1H3. The Morgan fingerprint density at radius 2 is 2.17 bits per heavy atom. The van der Waals surface area contributed by atoms with Crippen LogP contribution < -0.4 is 0 Å². The number of hydrogen-bond donors (Lipinski definition) is 0. The molecule has 0 spiro atoms. The molecule has 3 aromatic rings. The molecule has 0 aliphatic rings. The van der Waals surface area contributed by atoms with Gasteiger partial charge in [0.2, 0.25) is 5.82 Å². The Morgan fingerprint density at radius 1 is 1.30 bits per heavy atom. The summed E-state index contributed by atoms with van der Waals surface area (Å²) >= 11 is 0. The van der Waals surface area contributed by atoms with Crippen LogP contribution in [0.5, 0.6) is 0 Å². The van der Waals surface area contributed by atoms with E-state index in [-0.39, 0.29) is 11.5 Å². The fourth-order valence-corrected chi connectivity index (χ4v) is 1.99.